The summed E-state index contributed by atoms with van der Waals surface area (Å²) < 4.78 is 11.4. The molecule has 4 nitrogen and oxygen atoms in total. The van der Waals surface area contributed by atoms with Gasteiger partial charge < -0.3 is 9.16 Å². The van der Waals surface area contributed by atoms with Crippen molar-refractivity contribution in [1.29, 1.82) is 0 Å². The molecule has 0 unspecified atom stereocenters. The molecule has 0 bridgehead atoms. The fraction of sp³-hybridized carbons (Fsp3) is 0.667. The standard InChI is InChI=1S/C18H32O4Si/c1-9-11-16(21-17(20)10-2)13-15(19)12-14(3)22-23(7,8)18(4,5)6/h9-10,14,16H,1-2,11-13H2,3-8H3/t14-,16+/m0/s1. The number of carbonyl (C=O) groups excluding carboxylic acids is 2. The van der Waals surface area contributed by atoms with Crippen LogP contribution in [0.1, 0.15) is 47.0 Å². The Balaban J connectivity index is 4.58. The van der Waals surface area contributed by atoms with Crippen LogP contribution in [0.15, 0.2) is 25.3 Å². The summed E-state index contributed by atoms with van der Waals surface area (Å²) in [7, 11) is -1.89. The monoisotopic (exact) mass is 340 g/mol. The van der Waals surface area contributed by atoms with Crippen LogP contribution in [0.3, 0.4) is 0 Å². The fourth-order valence-corrected chi connectivity index (χ4v) is 3.39. The second kappa shape index (κ2) is 9.18. The van der Waals surface area contributed by atoms with Crippen molar-refractivity contribution >= 4 is 20.1 Å². The Morgan fingerprint density at radius 2 is 1.74 bits per heavy atom. The number of esters is 1. The van der Waals surface area contributed by atoms with Gasteiger partial charge >= 0.3 is 5.97 Å². The first kappa shape index (κ1) is 21.8. The summed E-state index contributed by atoms with van der Waals surface area (Å²) in [6.07, 6.45) is 3.08. The van der Waals surface area contributed by atoms with Gasteiger partial charge in [-0.3, -0.25) is 4.79 Å². The van der Waals surface area contributed by atoms with Crippen molar-refractivity contribution in [3.8, 4) is 0 Å². The van der Waals surface area contributed by atoms with E-state index in [0.717, 1.165) is 6.08 Å². The van der Waals surface area contributed by atoms with E-state index in [-0.39, 0.29) is 23.3 Å². The topological polar surface area (TPSA) is 52.6 Å². The van der Waals surface area contributed by atoms with Crippen molar-refractivity contribution in [3.63, 3.8) is 0 Å². The van der Waals surface area contributed by atoms with Crippen LogP contribution in [0.25, 0.3) is 0 Å². The summed E-state index contributed by atoms with van der Waals surface area (Å²) in [6.45, 7) is 19.8. The third kappa shape index (κ3) is 8.28. The summed E-state index contributed by atoms with van der Waals surface area (Å²) in [4.78, 5) is 23.5. The summed E-state index contributed by atoms with van der Waals surface area (Å²) in [5.74, 6) is -0.491. The molecule has 0 fully saturated rings. The molecule has 0 rings (SSSR count). The van der Waals surface area contributed by atoms with Gasteiger partial charge in [-0.25, -0.2) is 4.79 Å². The largest absolute Gasteiger partial charge is 0.458 e. The fourth-order valence-electron chi connectivity index (χ4n) is 1.95. The lowest BCUT2D eigenvalue weighted by Gasteiger charge is -2.38. The minimum atomic E-state index is -1.89. The van der Waals surface area contributed by atoms with Gasteiger partial charge in [-0.1, -0.05) is 33.4 Å². The molecular weight excluding hydrogens is 308 g/mol. The molecule has 0 aromatic heterocycles. The van der Waals surface area contributed by atoms with Crippen LogP contribution in [-0.2, 0) is 18.8 Å². The van der Waals surface area contributed by atoms with E-state index in [0.29, 0.717) is 12.8 Å². The first-order valence-corrected chi connectivity index (χ1v) is 11.0. The molecule has 5 heteroatoms. The van der Waals surface area contributed by atoms with Gasteiger partial charge in [0.2, 0.25) is 0 Å². The number of Topliss-reactive ketones (excluding diaryl/α,β-unsaturated/α-hetero) is 1. The van der Waals surface area contributed by atoms with Crippen molar-refractivity contribution in [2.45, 2.75) is 77.3 Å². The summed E-state index contributed by atoms with van der Waals surface area (Å²) >= 11 is 0. The van der Waals surface area contributed by atoms with E-state index in [1.54, 1.807) is 6.08 Å². The number of hydrogen-bond donors (Lipinski definition) is 0. The Labute approximate surface area is 142 Å². The molecule has 0 amide bonds. The molecule has 0 saturated carbocycles. The number of carbonyl (C=O) groups is 2. The molecule has 0 aliphatic carbocycles. The molecule has 23 heavy (non-hydrogen) atoms. The highest BCUT2D eigenvalue weighted by molar-refractivity contribution is 6.74. The van der Waals surface area contributed by atoms with Crippen LogP contribution in [0.4, 0.5) is 0 Å². The molecule has 132 valence electrons. The zero-order chi connectivity index (χ0) is 18.3. The highest BCUT2D eigenvalue weighted by Gasteiger charge is 2.38. The van der Waals surface area contributed by atoms with E-state index in [9.17, 15) is 9.59 Å². The Morgan fingerprint density at radius 1 is 1.17 bits per heavy atom. The van der Waals surface area contributed by atoms with Gasteiger partial charge in [0, 0.05) is 31.4 Å². The average molecular weight is 341 g/mol. The first-order valence-electron chi connectivity index (χ1n) is 8.06. The predicted octanol–water partition coefficient (Wildman–Crippen LogP) is 4.42. The molecule has 0 aromatic carbocycles. The van der Waals surface area contributed by atoms with Crippen LogP contribution >= 0.6 is 0 Å². The molecule has 0 spiro atoms. The van der Waals surface area contributed by atoms with Crippen LogP contribution in [0.5, 0.6) is 0 Å². The van der Waals surface area contributed by atoms with Gasteiger partial charge in [0.25, 0.3) is 0 Å². The Kier molecular flexibility index (Phi) is 8.70. The Hall–Kier alpha value is -1.20. The van der Waals surface area contributed by atoms with E-state index in [1.807, 2.05) is 6.92 Å². The predicted molar refractivity (Wildman–Crippen MR) is 96.9 cm³/mol. The minimum Gasteiger partial charge on any atom is -0.458 e. The molecule has 2 atom stereocenters. The molecule has 0 aliphatic rings. The molecule has 0 aromatic rings. The normalized spacial score (nSPS) is 14.7. The first-order chi connectivity index (χ1) is 10.4. The SMILES string of the molecule is C=CC[C@H](CC(=O)C[C@H](C)O[Si](C)(C)C(C)(C)C)OC(=O)C=C. The Bertz CT molecular complexity index is 435. The Morgan fingerprint density at radius 3 is 2.17 bits per heavy atom. The van der Waals surface area contributed by atoms with Crippen molar-refractivity contribution < 1.29 is 18.8 Å². The number of ether oxygens (including phenoxy) is 1. The van der Waals surface area contributed by atoms with E-state index in [1.165, 1.54) is 0 Å². The van der Waals surface area contributed by atoms with E-state index < -0.39 is 20.4 Å². The highest BCUT2D eigenvalue weighted by atomic mass is 28.4. The summed E-state index contributed by atoms with van der Waals surface area (Å²) in [5, 5.41) is 0.106. The minimum absolute atomic E-state index is 0.0277. The lowest BCUT2D eigenvalue weighted by molar-refractivity contribution is -0.144. The number of hydrogen-bond acceptors (Lipinski definition) is 4. The third-order valence-corrected chi connectivity index (χ3v) is 8.76. The number of ketones is 1. The molecule has 0 heterocycles. The van der Waals surface area contributed by atoms with Crippen molar-refractivity contribution in [2.75, 3.05) is 0 Å². The van der Waals surface area contributed by atoms with Crippen molar-refractivity contribution in [3.05, 3.63) is 25.3 Å². The lowest BCUT2D eigenvalue weighted by Crippen LogP contribution is -2.43. The van der Waals surface area contributed by atoms with Crippen LogP contribution in [0, 0.1) is 0 Å². The quantitative estimate of drug-likeness (QED) is 0.256. The second-order valence-electron chi connectivity index (χ2n) is 7.42. The maximum Gasteiger partial charge on any atom is 0.330 e. The zero-order valence-electron chi connectivity index (χ0n) is 15.5. The van der Waals surface area contributed by atoms with Gasteiger partial charge in [-0.05, 0) is 25.1 Å². The van der Waals surface area contributed by atoms with Crippen LogP contribution in [0.2, 0.25) is 18.1 Å². The maximum absolute atomic E-state index is 12.2. The smallest absolute Gasteiger partial charge is 0.330 e. The molecule has 0 saturated heterocycles. The second-order valence-corrected chi connectivity index (χ2v) is 12.2. The van der Waals surface area contributed by atoms with Gasteiger partial charge in [0.05, 0.1) is 0 Å². The van der Waals surface area contributed by atoms with Crippen molar-refractivity contribution in [2.24, 2.45) is 0 Å². The highest BCUT2D eigenvalue weighted by Crippen LogP contribution is 2.37. The summed E-state index contributed by atoms with van der Waals surface area (Å²) in [5.41, 5.74) is 0. The third-order valence-electron chi connectivity index (χ3n) is 4.15. The average Bonchev–Trinajstić information content (AvgIpc) is 2.36. The van der Waals surface area contributed by atoms with Crippen LogP contribution in [-0.4, -0.2) is 32.3 Å². The lowest BCUT2D eigenvalue weighted by atomic mass is 10.1. The summed E-state index contributed by atoms with van der Waals surface area (Å²) in [6, 6.07) is 0. The molecular formula is C18H32O4Si. The van der Waals surface area contributed by atoms with Crippen LogP contribution < -0.4 is 0 Å². The van der Waals surface area contributed by atoms with Crippen molar-refractivity contribution in [1.82, 2.24) is 0 Å². The van der Waals surface area contributed by atoms with Gasteiger partial charge in [-0.2, -0.15) is 0 Å². The zero-order valence-corrected chi connectivity index (χ0v) is 16.5. The van der Waals surface area contributed by atoms with Gasteiger partial charge in [0.15, 0.2) is 8.32 Å². The molecule has 0 aliphatic heterocycles. The van der Waals surface area contributed by atoms with Gasteiger partial charge in [0.1, 0.15) is 11.9 Å². The molecule has 0 N–H and O–H groups in total. The maximum atomic E-state index is 12.2. The van der Waals surface area contributed by atoms with E-state index >= 15 is 0 Å². The molecule has 0 radical (unpaired) electrons. The van der Waals surface area contributed by atoms with E-state index in [2.05, 4.69) is 47.0 Å². The van der Waals surface area contributed by atoms with Gasteiger partial charge in [-0.15, -0.1) is 6.58 Å². The van der Waals surface area contributed by atoms with E-state index in [4.69, 9.17) is 9.16 Å². The number of rotatable bonds is 10.